The van der Waals surface area contributed by atoms with Crippen LogP contribution >= 0.6 is 0 Å². The van der Waals surface area contributed by atoms with Gasteiger partial charge in [0.15, 0.2) is 0 Å². The average molecular weight is 337 g/mol. The van der Waals surface area contributed by atoms with E-state index in [2.05, 4.69) is 15.6 Å². The highest BCUT2D eigenvalue weighted by atomic mass is 16.4. The number of urea groups is 1. The number of carboxylic acid groups (broad SMARTS) is 1. The number of carbonyl (C=O) groups excluding carboxylic acids is 1. The van der Waals surface area contributed by atoms with E-state index in [1.54, 1.807) is 6.20 Å². The van der Waals surface area contributed by atoms with Gasteiger partial charge in [0.1, 0.15) is 6.04 Å². The van der Waals surface area contributed by atoms with Crippen molar-refractivity contribution in [1.29, 1.82) is 0 Å². The molecule has 2 amide bonds. The molecule has 3 aromatic rings. The van der Waals surface area contributed by atoms with E-state index in [9.17, 15) is 14.7 Å². The largest absolute Gasteiger partial charge is 0.480 e. The molecule has 128 valence electrons. The van der Waals surface area contributed by atoms with Crippen molar-refractivity contribution in [2.75, 3.05) is 0 Å². The van der Waals surface area contributed by atoms with Gasteiger partial charge < -0.3 is 20.7 Å². The number of benzene rings is 2. The maximum absolute atomic E-state index is 12.0. The first-order chi connectivity index (χ1) is 12.1. The Bertz CT molecular complexity index is 874. The van der Waals surface area contributed by atoms with Crippen molar-refractivity contribution in [3.05, 3.63) is 71.9 Å². The number of hydrogen-bond donors (Lipinski definition) is 4. The molecular formula is C19H19N3O3. The van der Waals surface area contributed by atoms with Crippen LogP contribution in [-0.2, 0) is 17.8 Å². The maximum atomic E-state index is 12.0. The molecule has 2 aromatic carbocycles. The molecular weight excluding hydrogens is 318 g/mol. The van der Waals surface area contributed by atoms with Crippen LogP contribution in [-0.4, -0.2) is 28.1 Å². The summed E-state index contributed by atoms with van der Waals surface area (Å²) in [7, 11) is 0. The molecule has 0 saturated heterocycles. The van der Waals surface area contributed by atoms with Crippen LogP contribution in [0.3, 0.4) is 0 Å². The SMILES string of the molecule is O=C(NCc1ccccc1)N[C@H](Cc1c[nH]c2ccccc12)C(=O)O. The second-order valence-corrected chi connectivity index (χ2v) is 5.77. The predicted molar refractivity (Wildman–Crippen MR) is 95.2 cm³/mol. The highest BCUT2D eigenvalue weighted by molar-refractivity contribution is 5.86. The summed E-state index contributed by atoms with van der Waals surface area (Å²) in [5.74, 6) is -1.07. The normalized spacial score (nSPS) is 11.8. The predicted octanol–water partition coefficient (Wildman–Crippen LogP) is 2.66. The number of amides is 2. The lowest BCUT2D eigenvalue weighted by atomic mass is 10.1. The van der Waals surface area contributed by atoms with Gasteiger partial charge in [-0.25, -0.2) is 9.59 Å². The molecule has 25 heavy (non-hydrogen) atoms. The van der Waals surface area contributed by atoms with Gasteiger partial charge in [0.2, 0.25) is 0 Å². The summed E-state index contributed by atoms with van der Waals surface area (Å²) in [4.78, 5) is 26.7. The first-order valence-corrected chi connectivity index (χ1v) is 7.99. The molecule has 1 aromatic heterocycles. The zero-order chi connectivity index (χ0) is 17.6. The summed E-state index contributed by atoms with van der Waals surface area (Å²) in [6, 6.07) is 15.6. The minimum absolute atomic E-state index is 0.206. The minimum Gasteiger partial charge on any atom is -0.480 e. The zero-order valence-corrected chi connectivity index (χ0v) is 13.5. The van der Waals surface area contributed by atoms with Gasteiger partial charge in [0.25, 0.3) is 0 Å². The van der Waals surface area contributed by atoms with Crippen molar-refractivity contribution >= 4 is 22.9 Å². The van der Waals surface area contributed by atoms with Gasteiger partial charge >= 0.3 is 12.0 Å². The van der Waals surface area contributed by atoms with E-state index in [0.29, 0.717) is 6.54 Å². The summed E-state index contributed by atoms with van der Waals surface area (Å²) < 4.78 is 0. The molecule has 0 fully saturated rings. The highest BCUT2D eigenvalue weighted by Gasteiger charge is 2.21. The monoisotopic (exact) mass is 337 g/mol. The van der Waals surface area contributed by atoms with Crippen molar-refractivity contribution < 1.29 is 14.7 Å². The van der Waals surface area contributed by atoms with Crippen LogP contribution in [0.2, 0.25) is 0 Å². The first kappa shape index (κ1) is 16.6. The standard InChI is InChI=1S/C19H19N3O3/c23-18(24)17(10-14-12-20-16-9-5-4-8-15(14)16)22-19(25)21-11-13-6-2-1-3-7-13/h1-9,12,17,20H,10-11H2,(H,23,24)(H2,21,22,25)/t17-/m1/s1. The van der Waals surface area contributed by atoms with Crippen LogP contribution in [0.25, 0.3) is 10.9 Å². The number of aliphatic carboxylic acids is 1. The van der Waals surface area contributed by atoms with Crippen LogP contribution < -0.4 is 10.6 Å². The Balaban J connectivity index is 1.63. The molecule has 0 aliphatic carbocycles. The Kier molecular flexibility index (Phi) is 4.99. The second kappa shape index (κ2) is 7.53. The average Bonchev–Trinajstić information content (AvgIpc) is 3.03. The molecule has 0 aliphatic heterocycles. The van der Waals surface area contributed by atoms with E-state index in [-0.39, 0.29) is 6.42 Å². The number of carboxylic acids is 1. The fourth-order valence-corrected chi connectivity index (χ4v) is 2.71. The smallest absolute Gasteiger partial charge is 0.326 e. The highest BCUT2D eigenvalue weighted by Crippen LogP contribution is 2.19. The molecule has 0 saturated carbocycles. The third-order valence-electron chi connectivity index (χ3n) is 4.00. The number of hydrogen-bond acceptors (Lipinski definition) is 2. The van der Waals surface area contributed by atoms with Crippen LogP contribution in [0, 0.1) is 0 Å². The fourth-order valence-electron chi connectivity index (χ4n) is 2.71. The number of rotatable bonds is 6. The number of aromatic amines is 1. The number of para-hydroxylation sites is 1. The van der Waals surface area contributed by atoms with E-state index in [1.807, 2.05) is 54.6 Å². The maximum Gasteiger partial charge on any atom is 0.326 e. The third kappa shape index (κ3) is 4.17. The number of carbonyl (C=O) groups is 2. The van der Waals surface area contributed by atoms with Crippen LogP contribution in [0.1, 0.15) is 11.1 Å². The van der Waals surface area contributed by atoms with Gasteiger partial charge in [0.05, 0.1) is 0 Å². The van der Waals surface area contributed by atoms with E-state index in [1.165, 1.54) is 0 Å². The molecule has 0 aliphatic rings. The van der Waals surface area contributed by atoms with Gasteiger partial charge in [-0.05, 0) is 17.2 Å². The Morgan fingerprint density at radius 3 is 2.52 bits per heavy atom. The number of aromatic nitrogens is 1. The molecule has 1 atom stereocenters. The van der Waals surface area contributed by atoms with Crippen LogP contribution in [0.4, 0.5) is 4.79 Å². The molecule has 1 heterocycles. The molecule has 0 spiro atoms. The fraction of sp³-hybridized carbons (Fsp3) is 0.158. The molecule has 0 bridgehead atoms. The Morgan fingerprint density at radius 1 is 1.04 bits per heavy atom. The quantitative estimate of drug-likeness (QED) is 0.557. The Morgan fingerprint density at radius 2 is 1.76 bits per heavy atom. The molecule has 3 rings (SSSR count). The lowest BCUT2D eigenvalue weighted by Crippen LogP contribution is -2.46. The molecule has 0 radical (unpaired) electrons. The van der Waals surface area contributed by atoms with E-state index in [0.717, 1.165) is 22.0 Å². The molecule has 6 heteroatoms. The Labute approximate surface area is 144 Å². The van der Waals surface area contributed by atoms with Gasteiger partial charge in [-0.2, -0.15) is 0 Å². The summed E-state index contributed by atoms with van der Waals surface area (Å²) in [5, 5.41) is 15.6. The third-order valence-corrected chi connectivity index (χ3v) is 4.00. The molecule has 4 N–H and O–H groups in total. The second-order valence-electron chi connectivity index (χ2n) is 5.77. The van der Waals surface area contributed by atoms with Gasteiger partial charge in [-0.3, -0.25) is 0 Å². The van der Waals surface area contributed by atoms with Crippen LogP contribution in [0.5, 0.6) is 0 Å². The number of H-pyrrole nitrogens is 1. The topological polar surface area (TPSA) is 94.2 Å². The first-order valence-electron chi connectivity index (χ1n) is 7.99. The van der Waals surface area contributed by atoms with Crippen LogP contribution in [0.15, 0.2) is 60.8 Å². The lowest BCUT2D eigenvalue weighted by Gasteiger charge is -2.15. The molecule has 6 nitrogen and oxygen atoms in total. The summed E-state index contributed by atoms with van der Waals surface area (Å²) in [6.45, 7) is 0.339. The summed E-state index contributed by atoms with van der Waals surface area (Å²) >= 11 is 0. The number of nitrogens with one attached hydrogen (secondary N) is 3. The van der Waals surface area contributed by atoms with Crippen molar-refractivity contribution in [2.24, 2.45) is 0 Å². The number of fused-ring (bicyclic) bond motifs is 1. The lowest BCUT2D eigenvalue weighted by molar-refractivity contribution is -0.139. The van der Waals surface area contributed by atoms with Crippen molar-refractivity contribution in [1.82, 2.24) is 15.6 Å². The van der Waals surface area contributed by atoms with E-state index in [4.69, 9.17) is 0 Å². The summed E-state index contributed by atoms with van der Waals surface area (Å²) in [6.07, 6.45) is 1.99. The summed E-state index contributed by atoms with van der Waals surface area (Å²) in [5.41, 5.74) is 2.74. The van der Waals surface area contributed by atoms with Crippen molar-refractivity contribution in [3.63, 3.8) is 0 Å². The van der Waals surface area contributed by atoms with Crippen molar-refractivity contribution in [3.8, 4) is 0 Å². The molecule has 0 unspecified atom stereocenters. The van der Waals surface area contributed by atoms with Gasteiger partial charge in [0, 0.05) is 30.1 Å². The Hall–Kier alpha value is -3.28. The van der Waals surface area contributed by atoms with E-state index >= 15 is 0 Å². The van der Waals surface area contributed by atoms with Gasteiger partial charge in [-0.15, -0.1) is 0 Å². The van der Waals surface area contributed by atoms with Gasteiger partial charge in [-0.1, -0.05) is 48.5 Å². The van der Waals surface area contributed by atoms with E-state index < -0.39 is 18.0 Å². The minimum atomic E-state index is -1.07. The van der Waals surface area contributed by atoms with Crippen molar-refractivity contribution in [2.45, 2.75) is 19.0 Å². The zero-order valence-electron chi connectivity index (χ0n) is 13.5.